The Morgan fingerprint density at radius 1 is 0.846 bits per heavy atom. The molecule has 0 unspecified atom stereocenters. The van der Waals surface area contributed by atoms with Gasteiger partial charge in [-0.1, -0.05) is 59.6 Å². The second kappa shape index (κ2) is 6.12. The Morgan fingerprint density at radius 3 is 2.19 bits per heavy atom. The first-order valence-electron chi connectivity index (χ1n) is 7.65. The second-order valence-corrected chi connectivity index (χ2v) is 6.49. The van der Waals surface area contributed by atoms with Gasteiger partial charge in [0, 0.05) is 5.39 Å². The molecule has 0 aromatic heterocycles. The average Bonchev–Trinajstić information content (AvgIpc) is 2.93. The van der Waals surface area contributed by atoms with Crippen LogP contribution >= 0.6 is 23.2 Å². The van der Waals surface area contributed by atoms with Crippen molar-refractivity contribution in [3.8, 4) is 0 Å². The van der Waals surface area contributed by atoms with E-state index in [9.17, 15) is 14.4 Å². The van der Waals surface area contributed by atoms with Gasteiger partial charge < -0.3 is 5.32 Å². The van der Waals surface area contributed by atoms with Gasteiger partial charge in [-0.15, -0.1) is 0 Å². The van der Waals surface area contributed by atoms with Gasteiger partial charge in [0.25, 0.3) is 17.7 Å². The minimum Gasteiger partial charge on any atom is -0.320 e. The van der Waals surface area contributed by atoms with Crippen LogP contribution in [-0.4, -0.2) is 17.7 Å². The molecule has 1 aliphatic heterocycles. The lowest BCUT2D eigenvalue weighted by molar-refractivity contribution is 0.0880. The molecule has 26 heavy (non-hydrogen) atoms. The number of carbonyl (C=O) groups excluding carboxylic acids is 3. The van der Waals surface area contributed by atoms with E-state index in [-0.39, 0.29) is 32.4 Å². The fraction of sp³-hybridized carbons (Fsp3) is 0. The van der Waals surface area contributed by atoms with E-state index in [0.29, 0.717) is 10.8 Å². The maximum atomic E-state index is 12.6. The number of benzene rings is 3. The Bertz CT molecular complexity index is 1130. The minimum atomic E-state index is -0.605. The van der Waals surface area contributed by atoms with Gasteiger partial charge in [-0.3, -0.25) is 19.7 Å². The summed E-state index contributed by atoms with van der Waals surface area (Å²) in [6.07, 6.45) is 0. The van der Waals surface area contributed by atoms with E-state index in [1.165, 1.54) is 0 Å². The number of amides is 3. The maximum Gasteiger partial charge on any atom is 0.261 e. The van der Waals surface area contributed by atoms with Crippen LogP contribution in [0.25, 0.3) is 10.8 Å². The van der Waals surface area contributed by atoms with Crippen LogP contribution in [0.3, 0.4) is 0 Å². The van der Waals surface area contributed by atoms with Crippen LogP contribution in [-0.2, 0) is 0 Å². The van der Waals surface area contributed by atoms with Gasteiger partial charge >= 0.3 is 0 Å². The van der Waals surface area contributed by atoms with Gasteiger partial charge in [-0.05, 0) is 17.5 Å². The fourth-order valence-corrected chi connectivity index (χ4v) is 3.56. The molecule has 0 radical (unpaired) electrons. The summed E-state index contributed by atoms with van der Waals surface area (Å²) in [5, 5.41) is 6.45. The molecule has 0 saturated heterocycles. The van der Waals surface area contributed by atoms with Gasteiger partial charge in [0.15, 0.2) is 0 Å². The van der Waals surface area contributed by atoms with Crippen molar-refractivity contribution >= 4 is 57.4 Å². The van der Waals surface area contributed by atoms with Crippen LogP contribution in [0.15, 0.2) is 48.5 Å². The number of carbonyl (C=O) groups is 3. The summed E-state index contributed by atoms with van der Waals surface area (Å²) in [6, 6.07) is 13.4. The summed E-state index contributed by atoms with van der Waals surface area (Å²) in [5.74, 6) is -1.65. The van der Waals surface area contributed by atoms with Gasteiger partial charge in [0.05, 0.1) is 32.4 Å². The van der Waals surface area contributed by atoms with Crippen LogP contribution in [0.2, 0.25) is 10.0 Å². The molecule has 128 valence electrons. The third-order valence-electron chi connectivity index (χ3n) is 4.19. The van der Waals surface area contributed by atoms with Crippen molar-refractivity contribution in [1.29, 1.82) is 0 Å². The zero-order valence-electron chi connectivity index (χ0n) is 13.1. The predicted molar refractivity (Wildman–Crippen MR) is 100 cm³/mol. The summed E-state index contributed by atoms with van der Waals surface area (Å²) in [7, 11) is 0. The molecule has 0 saturated carbocycles. The predicted octanol–water partition coefficient (Wildman–Crippen LogP) is 4.28. The number of anilines is 1. The van der Waals surface area contributed by atoms with Crippen molar-refractivity contribution in [3.63, 3.8) is 0 Å². The van der Waals surface area contributed by atoms with Gasteiger partial charge in [0.1, 0.15) is 0 Å². The lowest BCUT2D eigenvalue weighted by atomic mass is 9.98. The van der Waals surface area contributed by atoms with Crippen LogP contribution in [0.1, 0.15) is 31.1 Å². The quantitative estimate of drug-likeness (QED) is 0.647. The van der Waals surface area contributed by atoms with Crippen molar-refractivity contribution in [2.24, 2.45) is 0 Å². The summed E-state index contributed by atoms with van der Waals surface area (Å²) in [6.45, 7) is 0. The molecule has 0 aliphatic carbocycles. The van der Waals surface area contributed by atoms with E-state index in [4.69, 9.17) is 23.2 Å². The normalized spacial score (nSPS) is 12.8. The molecule has 4 rings (SSSR count). The van der Waals surface area contributed by atoms with E-state index >= 15 is 0 Å². The van der Waals surface area contributed by atoms with Crippen molar-refractivity contribution in [2.75, 3.05) is 5.32 Å². The van der Waals surface area contributed by atoms with E-state index in [2.05, 4.69) is 10.6 Å². The molecule has 0 fully saturated rings. The second-order valence-electron chi connectivity index (χ2n) is 5.70. The van der Waals surface area contributed by atoms with Crippen molar-refractivity contribution in [2.45, 2.75) is 0 Å². The first-order chi connectivity index (χ1) is 12.5. The highest BCUT2D eigenvalue weighted by atomic mass is 35.5. The Labute approximate surface area is 157 Å². The maximum absolute atomic E-state index is 12.6. The van der Waals surface area contributed by atoms with Crippen molar-refractivity contribution in [1.82, 2.24) is 5.32 Å². The number of nitrogens with one attached hydrogen (secondary N) is 2. The monoisotopic (exact) mass is 384 g/mol. The largest absolute Gasteiger partial charge is 0.320 e. The smallest absolute Gasteiger partial charge is 0.261 e. The van der Waals surface area contributed by atoms with E-state index in [1.54, 1.807) is 48.5 Å². The number of hydrogen-bond donors (Lipinski definition) is 2. The third-order valence-corrected chi connectivity index (χ3v) is 4.91. The lowest BCUT2D eigenvalue weighted by Gasteiger charge is -2.14. The van der Waals surface area contributed by atoms with Crippen LogP contribution in [0, 0.1) is 0 Å². The molecule has 0 atom stereocenters. The lowest BCUT2D eigenvalue weighted by Crippen LogP contribution is -2.21. The summed E-state index contributed by atoms with van der Waals surface area (Å²) in [5.41, 5.74) is 0.578. The number of hydrogen-bond acceptors (Lipinski definition) is 3. The average molecular weight is 385 g/mol. The Morgan fingerprint density at radius 2 is 1.46 bits per heavy atom. The minimum absolute atomic E-state index is 0.0547. The van der Waals surface area contributed by atoms with E-state index < -0.39 is 17.7 Å². The van der Waals surface area contributed by atoms with Gasteiger partial charge in [-0.2, -0.15) is 0 Å². The summed E-state index contributed by atoms with van der Waals surface area (Å²) in [4.78, 5) is 37.2. The molecule has 7 heteroatoms. The molecule has 3 aromatic rings. The molecule has 0 bridgehead atoms. The topological polar surface area (TPSA) is 75.3 Å². The Kier molecular flexibility index (Phi) is 3.90. The van der Waals surface area contributed by atoms with Crippen LogP contribution in [0.4, 0.5) is 5.69 Å². The SMILES string of the molecule is O=C(Nc1c2c(c3ccccc3c1Cl)C(=O)NC2=O)c1ccccc1Cl. The molecular weight excluding hydrogens is 375 g/mol. The van der Waals surface area contributed by atoms with Crippen LogP contribution in [0.5, 0.6) is 0 Å². The molecule has 2 N–H and O–H groups in total. The first-order valence-corrected chi connectivity index (χ1v) is 8.40. The molecule has 3 amide bonds. The molecule has 3 aromatic carbocycles. The number of halogens is 2. The zero-order valence-corrected chi connectivity index (χ0v) is 14.6. The highest BCUT2D eigenvalue weighted by Crippen LogP contribution is 2.40. The zero-order chi connectivity index (χ0) is 18.4. The van der Waals surface area contributed by atoms with E-state index in [0.717, 1.165) is 0 Å². The third kappa shape index (κ3) is 2.44. The highest BCUT2D eigenvalue weighted by Gasteiger charge is 2.34. The Balaban J connectivity index is 1.94. The molecule has 1 heterocycles. The fourth-order valence-electron chi connectivity index (χ4n) is 3.03. The van der Waals surface area contributed by atoms with E-state index in [1.807, 2.05) is 0 Å². The van der Waals surface area contributed by atoms with Crippen molar-refractivity contribution < 1.29 is 14.4 Å². The molecule has 5 nitrogen and oxygen atoms in total. The number of rotatable bonds is 2. The highest BCUT2D eigenvalue weighted by molar-refractivity contribution is 6.43. The standard InChI is InChI=1S/C19H10Cl2N2O3/c20-12-8-4-3-7-11(12)17(24)22-16-14-13(18(25)23-19(14)26)9-5-1-2-6-10(9)15(16)21/h1-8H,(H,22,24)(H,23,25,26). The van der Waals surface area contributed by atoms with Gasteiger partial charge in [-0.25, -0.2) is 0 Å². The van der Waals surface area contributed by atoms with Crippen LogP contribution < -0.4 is 10.6 Å². The summed E-state index contributed by atoms with van der Waals surface area (Å²) >= 11 is 12.5. The summed E-state index contributed by atoms with van der Waals surface area (Å²) < 4.78 is 0. The first kappa shape index (κ1) is 16.6. The molecule has 0 spiro atoms. The molecule has 1 aliphatic rings. The number of imide groups is 1. The van der Waals surface area contributed by atoms with Crippen molar-refractivity contribution in [3.05, 3.63) is 75.3 Å². The molecular formula is C19H10Cl2N2O3. The Hall–Kier alpha value is -2.89. The van der Waals surface area contributed by atoms with Gasteiger partial charge in [0.2, 0.25) is 0 Å². The number of fused-ring (bicyclic) bond motifs is 3.